The topological polar surface area (TPSA) is 120 Å². The number of benzene rings is 1. The summed E-state index contributed by atoms with van der Waals surface area (Å²) >= 11 is 0. The summed E-state index contributed by atoms with van der Waals surface area (Å²) in [6, 6.07) is 6.44. The minimum atomic E-state index is -1.16. The quantitative estimate of drug-likeness (QED) is 0.518. The molecule has 1 fully saturated rings. The maximum absolute atomic E-state index is 12.4. The average molecular weight is 398 g/mol. The first-order chi connectivity index (χ1) is 13.7. The molecular weight excluding hydrogens is 376 g/mol. The van der Waals surface area contributed by atoms with E-state index in [1.807, 2.05) is 26.0 Å². The summed E-state index contributed by atoms with van der Waals surface area (Å²) in [4.78, 5) is 37.1. The molecule has 152 valence electrons. The first-order valence-corrected chi connectivity index (χ1v) is 9.46. The van der Waals surface area contributed by atoms with E-state index in [1.165, 1.54) is 11.0 Å². The molecule has 0 radical (unpaired) electrons. The largest absolute Gasteiger partial charge is 0.477 e. The van der Waals surface area contributed by atoms with Gasteiger partial charge in [-0.2, -0.15) is 0 Å². The number of nitrogens with zero attached hydrogens (tertiary/aromatic N) is 1. The molecule has 8 heteroatoms. The Balaban J connectivity index is 1.62. The average Bonchev–Trinajstić information content (AvgIpc) is 2.88. The van der Waals surface area contributed by atoms with Crippen LogP contribution in [0.1, 0.15) is 19.4 Å². The minimum Gasteiger partial charge on any atom is -0.477 e. The maximum Gasteiger partial charge on any atom is 0.352 e. The second-order valence-electron chi connectivity index (χ2n) is 7.75. The van der Waals surface area contributed by atoms with Gasteiger partial charge in [0.05, 0.1) is 18.1 Å². The summed E-state index contributed by atoms with van der Waals surface area (Å²) in [5.41, 5.74) is 2.09. The van der Waals surface area contributed by atoms with E-state index < -0.39 is 23.6 Å². The molecule has 0 aliphatic carbocycles. The smallest absolute Gasteiger partial charge is 0.352 e. The van der Waals surface area contributed by atoms with Gasteiger partial charge in [0.15, 0.2) is 0 Å². The third-order valence-corrected chi connectivity index (χ3v) is 5.95. The molecule has 4 atom stereocenters. The third-order valence-electron chi connectivity index (χ3n) is 5.95. The van der Waals surface area contributed by atoms with Crippen LogP contribution in [-0.2, 0) is 9.59 Å². The van der Waals surface area contributed by atoms with Crippen molar-refractivity contribution >= 4 is 28.5 Å². The zero-order chi connectivity index (χ0) is 21.0. The number of aliphatic carboxylic acids is 1. The number of anilines is 1. The fourth-order valence-corrected chi connectivity index (χ4v) is 4.51. The lowest BCUT2D eigenvalue weighted by atomic mass is 9.78. The first kappa shape index (κ1) is 19.2. The fraction of sp³-hybridized carbons (Fsp3) is 0.381. The standard InChI is InChI=1S/C21H22N2O6/c1-9-6-16(25)29-15-7-12(4-5-13(9)15)22-8-14-10(2)18-17(11(3)24)20(26)23(18)19(14)21(27)28/h4-7,10-11,17-18,22,24H,8H2,1-3H3,(H,27,28)/t10-,11+,17+,18+/m0/s1. The van der Waals surface area contributed by atoms with Crippen LogP contribution in [0.4, 0.5) is 5.69 Å². The van der Waals surface area contributed by atoms with Crippen molar-refractivity contribution in [3.8, 4) is 0 Å². The number of carbonyl (C=O) groups is 2. The summed E-state index contributed by atoms with van der Waals surface area (Å²) in [5, 5.41) is 23.6. The van der Waals surface area contributed by atoms with Gasteiger partial charge in [-0.15, -0.1) is 0 Å². The van der Waals surface area contributed by atoms with Gasteiger partial charge in [0.2, 0.25) is 5.91 Å². The van der Waals surface area contributed by atoms with Crippen LogP contribution >= 0.6 is 0 Å². The van der Waals surface area contributed by atoms with E-state index in [4.69, 9.17) is 4.42 Å². The van der Waals surface area contributed by atoms with Crippen LogP contribution < -0.4 is 10.9 Å². The van der Waals surface area contributed by atoms with Crippen molar-refractivity contribution in [1.29, 1.82) is 0 Å². The van der Waals surface area contributed by atoms with Gasteiger partial charge in [-0.25, -0.2) is 9.59 Å². The molecule has 2 aromatic rings. The number of aliphatic hydroxyl groups excluding tert-OH is 1. The van der Waals surface area contributed by atoms with Crippen LogP contribution in [0.25, 0.3) is 11.0 Å². The Bertz CT molecular complexity index is 1120. The molecule has 3 N–H and O–H groups in total. The second kappa shape index (κ2) is 6.73. The Morgan fingerprint density at radius 1 is 1.31 bits per heavy atom. The molecule has 0 saturated carbocycles. The van der Waals surface area contributed by atoms with Crippen molar-refractivity contribution in [2.75, 3.05) is 11.9 Å². The molecule has 2 aliphatic heterocycles. The van der Waals surface area contributed by atoms with Crippen molar-refractivity contribution in [3.05, 3.63) is 51.5 Å². The molecule has 8 nitrogen and oxygen atoms in total. The van der Waals surface area contributed by atoms with Gasteiger partial charge in [-0.1, -0.05) is 6.92 Å². The molecule has 0 spiro atoms. The van der Waals surface area contributed by atoms with Gasteiger partial charge in [-0.3, -0.25) is 4.79 Å². The number of β-lactam (4-membered cyclic amide) rings is 1. The second-order valence-corrected chi connectivity index (χ2v) is 7.75. The lowest BCUT2D eigenvalue weighted by molar-refractivity contribution is -0.163. The number of aliphatic hydroxyl groups is 1. The summed E-state index contributed by atoms with van der Waals surface area (Å²) in [5.74, 6) is -2.30. The van der Waals surface area contributed by atoms with Gasteiger partial charge in [-0.05, 0) is 37.1 Å². The zero-order valence-electron chi connectivity index (χ0n) is 16.3. The number of carboxylic acids is 1. The number of aryl methyl sites for hydroxylation is 1. The van der Waals surface area contributed by atoms with E-state index in [1.54, 1.807) is 13.0 Å². The Kier molecular flexibility index (Phi) is 4.46. The number of amides is 1. The normalized spacial score (nSPS) is 24.5. The summed E-state index contributed by atoms with van der Waals surface area (Å²) in [6.07, 6.45) is -0.833. The molecule has 3 heterocycles. The van der Waals surface area contributed by atoms with E-state index in [2.05, 4.69) is 5.32 Å². The lowest BCUT2D eigenvalue weighted by Crippen LogP contribution is -2.63. The number of carboxylic acid groups (broad SMARTS) is 1. The molecule has 0 bridgehead atoms. The monoisotopic (exact) mass is 398 g/mol. The SMILES string of the molecule is Cc1cc(=O)oc2cc(NCC3=C(C(=O)O)N4C(=O)[C@H]([C@@H](C)O)[C@H]4[C@H]3C)ccc12. The van der Waals surface area contributed by atoms with Crippen LogP contribution in [0.2, 0.25) is 0 Å². The van der Waals surface area contributed by atoms with Gasteiger partial charge >= 0.3 is 11.6 Å². The number of rotatable bonds is 5. The highest BCUT2D eigenvalue weighted by Gasteiger charge is 2.59. The minimum absolute atomic E-state index is 0.0138. The highest BCUT2D eigenvalue weighted by Crippen LogP contribution is 2.47. The molecule has 29 heavy (non-hydrogen) atoms. The van der Waals surface area contributed by atoms with Gasteiger partial charge in [0, 0.05) is 35.7 Å². The van der Waals surface area contributed by atoms with E-state index >= 15 is 0 Å². The van der Waals surface area contributed by atoms with Crippen LogP contribution in [0.5, 0.6) is 0 Å². The van der Waals surface area contributed by atoms with Crippen LogP contribution in [-0.4, -0.2) is 45.7 Å². The van der Waals surface area contributed by atoms with E-state index in [0.717, 1.165) is 10.9 Å². The summed E-state index contributed by atoms with van der Waals surface area (Å²) in [6.45, 7) is 5.47. The molecule has 2 aliphatic rings. The summed E-state index contributed by atoms with van der Waals surface area (Å²) < 4.78 is 5.25. The highest BCUT2D eigenvalue weighted by atomic mass is 16.4. The van der Waals surface area contributed by atoms with Crippen molar-refractivity contribution in [1.82, 2.24) is 4.90 Å². The van der Waals surface area contributed by atoms with Crippen LogP contribution in [0.15, 0.2) is 44.7 Å². The van der Waals surface area contributed by atoms with Gasteiger partial charge < -0.3 is 24.8 Å². The van der Waals surface area contributed by atoms with Crippen molar-refractivity contribution < 1.29 is 24.2 Å². The van der Waals surface area contributed by atoms with Crippen molar-refractivity contribution in [2.45, 2.75) is 32.9 Å². The van der Waals surface area contributed by atoms with E-state index in [0.29, 0.717) is 16.8 Å². The lowest BCUT2D eigenvalue weighted by Gasteiger charge is -2.46. The predicted molar refractivity (Wildman–Crippen MR) is 105 cm³/mol. The zero-order valence-corrected chi connectivity index (χ0v) is 16.3. The Morgan fingerprint density at radius 2 is 2.03 bits per heavy atom. The number of hydrogen-bond acceptors (Lipinski definition) is 6. The fourth-order valence-electron chi connectivity index (χ4n) is 4.51. The van der Waals surface area contributed by atoms with Crippen molar-refractivity contribution in [3.63, 3.8) is 0 Å². The maximum atomic E-state index is 12.4. The highest BCUT2D eigenvalue weighted by molar-refractivity contribution is 6.00. The Labute approximate surface area is 166 Å². The molecule has 0 unspecified atom stereocenters. The first-order valence-electron chi connectivity index (χ1n) is 9.46. The molecular formula is C21H22N2O6. The molecule has 1 aromatic heterocycles. The number of fused-ring (bicyclic) bond motifs is 2. The Hall–Kier alpha value is -3.13. The third kappa shape index (κ3) is 2.91. The summed E-state index contributed by atoms with van der Waals surface area (Å²) in [7, 11) is 0. The van der Waals surface area contributed by atoms with Gasteiger partial charge in [0.25, 0.3) is 0 Å². The molecule has 1 aromatic carbocycles. The number of hydrogen-bond donors (Lipinski definition) is 3. The number of nitrogens with one attached hydrogen (secondary N) is 1. The van der Waals surface area contributed by atoms with Gasteiger partial charge in [0.1, 0.15) is 11.3 Å². The van der Waals surface area contributed by atoms with E-state index in [9.17, 15) is 24.6 Å². The van der Waals surface area contributed by atoms with E-state index in [-0.39, 0.29) is 30.1 Å². The Morgan fingerprint density at radius 3 is 2.69 bits per heavy atom. The van der Waals surface area contributed by atoms with Crippen LogP contribution in [0, 0.1) is 18.8 Å². The molecule has 1 amide bonds. The van der Waals surface area contributed by atoms with Crippen molar-refractivity contribution in [2.24, 2.45) is 11.8 Å². The molecule has 4 rings (SSSR count). The number of carbonyl (C=O) groups excluding carboxylic acids is 1. The predicted octanol–water partition coefficient (Wildman–Crippen LogP) is 1.71. The molecule has 1 saturated heterocycles. The van der Waals surface area contributed by atoms with Crippen LogP contribution in [0.3, 0.4) is 0 Å².